The van der Waals surface area contributed by atoms with E-state index in [0.29, 0.717) is 17.0 Å². The summed E-state index contributed by atoms with van der Waals surface area (Å²) in [6.45, 7) is 2.00. The SMILES string of the molecule is CC[C@H](NP)c1nc2cccc(F)c2c(=O)n1-c1ccccc1. The van der Waals surface area contributed by atoms with Crippen molar-refractivity contribution in [1.29, 1.82) is 0 Å². The Kier molecular flexibility index (Phi) is 4.51. The lowest BCUT2D eigenvalue weighted by atomic mass is 10.1. The number of rotatable bonds is 4. The Labute approximate surface area is 135 Å². The van der Waals surface area contributed by atoms with Crippen molar-refractivity contribution in [3.05, 3.63) is 70.5 Å². The van der Waals surface area contributed by atoms with Gasteiger partial charge in [0.15, 0.2) is 0 Å². The van der Waals surface area contributed by atoms with Crippen LogP contribution < -0.4 is 10.6 Å². The molecule has 1 unspecified atom stereocenters. The molecule has 0 aliphatic heterocycles. The van der Waals surface area contributed by atoms with E-state index >= 15 is 0 Å². The predicted molar refractivity (Wildman–Crippen MR) is 93.2 cm³/mol. The van der Waals surface area contributed by atoms with Gasteiger partial charge >= 0.3 is 0 Å². The third kappa shape index (κ3) is 2.78. The molecule has 1 N–H and O–H groups in total. The minimum Gasteiger partial charge on any atom is -0.291 e. The number of aromatic nitrogens is 2. The molecule has 2 aromatic carbocycles. The van der Waals surface area contributed by atoms with E-state index in [1.807, 2.05) is 37.3 Å². The molecule has 0 saturated heterocycles. The fourth-order valence-electron chi connectivity index (χ4n) is 2.64. The van der Waals surface area contributed by atoms with Gasteiger partial charge in [-0.15, -0.1) is 0 Å². The van der Waals surface area contributed by atoms with Gasteiger partial charge in [-0.05, 0) is 30.7 Å². The molecule has 1 heterocycles. The van der Waals surface area contributed by atoms with Crippen molar-refractivity contribution >= 4 is 20.3 Å². The van der Waals surface area contributed by atoms with Crippen LogP contribution >= 0.6 is 9.39 Å². The molecule has 0 aliphatic rings. The summed E-state index contributed by atoms with van der Waals surface area (Å²) in [5, 5.41) is 3.10. The Morgan fingerprint density at radius 1 is 1.22 bits per heavy atom. The first-order valence-electron chi connectivity index (χ1n) is 7.40. The molecule has 3 rings (SSSR count). The van der Waals surface area contributed by atoms with Gasteiger partial charge in [-0.1, -0.05) is 40.6 Å². The normalized spacial score (nSPS) is 12.5. The maximum atomic E-state index is 14.2. The molecule has 0 amide bonds. The maximum Gasteiger partial charge on any atom is 0.269 e. The zero-order valence-electron chi connectivity index (χ0n) is 12.7. The van der Waals surface area contributed by atoms with Crippen LogP contribution in [0.4, 0.5) is 4.39 Å². The molecule has 1 aromatic heterocycles. The molecule has 4 nitrogen and oxygen atoms in total. The Morgan fingerprint density at radius 2 is 1.96 bits per heavy atom. The van der Waals surface area contributed by atoms with Crippen LogP contribution in [0.3, 0.4) is 0 Å². The van der Waals surface area contributed by atoms with E-state index in [9.17, 15) is 9.18 Å². The van der Waals surface area contributed by atoms with Crippen molar-refractivity contribution in [2.75, 3.05) is 0 Å². The van der Waals surface area contributed by atoms with Gasteiger partial charge in [0.2, 0.25) is 0 Å². The van der Waals surface area contributed by atoms with Crippen LogP contribution in [0.15, 0.2) is 53.3 Å². The van der Waals surface area contributed by atoms with Gasteiger partial charge in [0, 0.05) is 0 Å². The number of hydrogen-bond acceptors (Lipinski definition) is 3. The molecule has 0 aliphatic carbocycles. The topological polar surface area (TPSA) is 46.9 Å². The first-order valence-corrected chi connectivity index (χ1v) is 7.97. The summed E-state index contributed by atoms with van der Waals surface area (Å²) in [7, 11) is 2.46. The van der Waals surface area contributed by atoms with Crippen molar-refractivity contribution in [2.24, 2.45) is 0 Å². The number of nitrogens with zero attached hydrogens (tertiary/aromatic N) is 2. The lowest BCUT2D eigenvalue weighted by Crippen LogP contribution is -2.28. The number of hydrogen-bond donors (Lipinski definition) is 1. The smallest absolute Gasteiger partial charge is 0.269 e. The Balaban J connectivity index is 2.43. The summed E-state index contributed by atoms with van der Waals surface area (Å²) < 4.78 is 15.6. The molecule has 3 aromatic rings. The van der Waals surface area contributed by atoms with E-state index in [1.54, 1.807) is 12.1 Å². The van der Waals surface area contributed by atoms with Crippen molar-refractivity contribution in [2.45, 2.75) is 19.4 Å². The standard InChI is InChI=1S/C17H17FN3OP/c1-2-13(20-23)16-19-14-10-6-9-12(18)15(14)17(22)21(16)11-7-4-3-5-8-11/h3-10,13,20H,2,23H2,1H3/t13-/m0/s1. The fourth-order valence-corrected chi connectivity index (χ4v) is 3.03. The lowest BCUT2D eigenvalue weighted by molar-refractivity contribution is 0.584. The highest BCUT2D eigenvalue weighted by atomic mass is 31.0. The highest BCUT2D eigenvalue weighted by Crippen LogP contribution is 2.22. The number of nitrogens with one attached hydrogen (secondary N) is 1. The van der Waals surface area contributed by atoms with Gasteiger partial charge in [-0.3, -0.25) is 14.4 Å². The van der Waals surface area contributed by atoms with E-state index in [2.05, 4.69) is 19.5 Å². The third-order valence-corrected chi connectivity index (χ3v) is 4.21. The molecular weight excluding hydrogens is 312 g/mol. The van der Waals surface area contributed by atoms with Crippen LogP contribution in [-0.4, -0.2) is 9.55 Å². The second-order valence-corrected chi connectivity index (χ2v) is 5.54. The molecular formula is C17H17FN3OP. The van der Waals surface area contributed by atoms with Crippen LogP contribution in [0.2, 0.25) is 0 Å². The van der Waals surface area contributed by atoms with E-state index < -0.39 is 11.4 Å². The number of benzene rings is 2. The van der Waals surface area contributed by atoms with Crippen LogP contribution in [0, 0.1) is 5.82 Å². The molecule has 2 atom stereocenters. The van der Waals surface area contributed by atoms with Crippen LogP contribution in [0.5, 0.6) is 0 Å². The van der Waals surface area contributed by atoms with Gasteiger partial charge in [-0.25, -0.2) is 9.37 Å². The van der Waals surface area contributed by atoms with E-state index in [-0.39, 0.29) is 11.4 Å². The highest BCUT2D eigenvalue weighted by molar-refractivity contribution is 7.13. The van der Waals surface area contributed by atoms with Gasteiger partial charge in [-0.2, -0.15) is 0 Å². The molecule has 6 heteroatoms. The van der Waals surface area contributed by atoms with Gasteiger partial charge in [0.25, 0.3) is 5.56 Å². The van der Waals surface area contributed by atoms with Gasteiger partial charge < -0.3 is 0 Å². The summed E-state index contributed by atoms with van der Waals surface area (Å²) in [6, 6.07) is 13.5. The summed E-state index contributed by atoms with van der Waals surface area (Å²) >= 11 is 0. The van der Waals surface area contributed by atoms with E-state index in [4.69, 9.17) is 0 Å². The average molecular weight is 329 g/mol. The lowest BCUT2D eigenvalue weighted by Gasteiger charge is -2.20. The molecule has 23 heavy (non-hydrogen) atoms. The molecule has 0 spiro atoms. The minimum atomic E-state index is -0.553. The molecule has 0 bridgehead atoms. The van der Waals surface area contributed by atoms with Crippen molar-refractivity contribution in [3.63, 3.8) is 0 Å². The number of fused-ring (bicyclic) bond motifs is 1. The summed E-state index contributed by atoms with van der Waals surface area (Å²) in [4.78, 5) is 17.5. The van der Waals surface area contributed by atoms with Crippen molar-refractivity contribution in [1.82, 2.24) is 14.6 Å². The first-order chi connectivity index (χ1) is 11.2. The Hall–Kier alpha value is -2.10. The summed E-state index contributed by atoms with van der Waals surface area (Å²) in [6.07, 6.45) is 0.740. The molecule has 0 saturated carbocycles. The Bertz CT molecular complexity index is 891. The highest BCUT2D eigenvalue weighted by Gasteiger charge is 2.20. The van der Waals surface area contributed by atoms with Gasteiger partial charge in [0.1, 0.15) is 17.0 Å². The Morgan fingerprint density at radius 3 is 2.61 bits per heavy atom. The van der Waals surface area contributed by atoms with E-state index in [0.717, 1.165) is 6.42 Å². The first kappa shape index (κ1) is 15.8. The largest absolute Gasteiger partial charge is 0.291 e. The quantitative estimate of drug-likeness (QED) is 0.747. The van der Waals surface area contributed by atoms with Crippen molar-refractivity contribution in [3.8, 4) is 5.69 Å². The zero-order chi connectivity index (χ0) is 16.4. The number of halogens is 1. The van der Waals surface area contributed by atoms with E-state index in [1.165, 1.54) is 10.6 Å². The monoisotopic (exact) mass is 329 g/mol. The zero-order valence-corrected chi connectivity index (χ0v) is 13.8. The summed E-state index contributed by atoms with van der Waals surface area (Å²) in [5.41, 5.74) is 0.646. The van der Waals surface area contributed by atoms with Crippen LogP contribution in [-0.2, 0) is 0 Å². The summed E-state index contributed by atoms with van der Waals surface area (Å²) in [5.74, 6) is 0.0138. The predicted octanol–water partition coefficient (Wildman–Crippen LogP) is 3.36. The maximum absolute atomic E-state index is 14.2. The minimum absolute atomic E-state index is 0.0127. The second-order valence-electron chi connectivity index (χ2n) is 5.21. The van der Waals surface area contributed by atoms with Gasteiger partial charge in [0.05, 0.1) is 17.2 Å². The van der Waals surface area contributed by atoms with Crippen LogP contribution in [0.25, 0.3) is 16.6 Å². The number of para-hydroxylation sites is 1. The molecule has 118 valence electrons. The van der Waals surface area contributed by atoms with Crippen LogP contribution in [0.1, 0.15) is 25.2 Å². The average Bonchev–Trinajstić information content (AvgIpc) is 2.57. The molecule has 0 fully saturated rings. The molecule has 0 radical (unpaired) electrons. The third-order valence-electron chi connectivity index (χ3n) is 3.81. The van der Waals surface area contributed by atoms with Crippen molar-refractivity contribution < 1.29 is 4.39 Å². The fraction of sp³-hybridized carbons (Fsp3) is 0.176. The second kappa shape index (κ2) is 6.57.